The maximum absolute atomic E-state index is 2.57. The van der Waals surface area contributed by atoms with E-state index in [1.165, 1.54) is 24.9 Å². The predicted molar refractivity (Wildman–Crippen MR) is 80.7 cm³/mol. The fourth-order valence-corrected chi connectivity index (χ4v) is 2.15. The van der Waals surface area contributed by atoms with E-state index in [4.69, 9.17) is 0 Å². The molecule has 0 aliphatic heterocycles. The van der Waals surface area contributed by atoms with Crippen molar-refractivity contribution in [1.29, 1.82) is 0 Å². The lowest BCUT2D eigenvalue weighted by Gasteiger charge is -2.28. The summed E-state index contributed by atoms with van der Waals surface area (Å²) in [6.07, 6.45) is 2.58. The lowest BCUT2D eigenvalue weighted by atomic mass is 9.90. The number of hydrogen-bond donors (Lipinski definition) is 0. The summed E-state index contributed by atoms with van der Waals surface area (Å²) in [4.78, 5) is 2.57. The standard InChI is InChI=1S/C17H29N/c1-15(2)18(13-9-12-17(3,4)5)14-16-10-7-6-8-11-16/h6-8,10-11,15H,9,12-14H2,1-5H3. The van der Waals surface area contributed by atoms with Gasteiger partial charge in [0.1, 0.15) is 0 Å². The van der Waals surface area contributed by atoms with Gasteiger partial charge in [-0.15, -0.1) is 0 Å². The summed E-state index contributed by atoms with van der Waals surface area (Å²) in [5, 5.41) is 0. The van der Waals surface area contributed by atoms with Crippen LogP contribution in [0.3, 0.4) is 0 Å². The maximum atomic E-state index is 2.57. The second kappa shape index (κ2) is 6.94. The van der Waals surface area contributed by atoms with Gasteiger partial charge in [0.05, 0.1) is 0 Å². The van der Waals surface area contributed by atoms with Crippen molar-refractivity contribution in [2.24, 2.45) is 5.41 Å². The molecule has 102 valence electrons. The lowest BCUT2D eigenvalue weighted by Crippen LogP contribution is -2.31. The Morgan fingerprint density at radius 1 is 1.06 bits per heavy atom. The first-order valence-electron chi connectivity index (χ1n) is 7.16. The topological polar surface area (TPSA) is 3.24 Å². The molecule has 0 N–H and O–H groups in total. The number of benzene rings is 1. The minimum absolute atomic E-state index is 0.454. The SMILES string of the molecule is CC(C)N(CCCC(C)(C)C)Cc1ccccc1. The highest BCUT2D eigenvalue weighted by Gasteiger charge is 2.13. The van der Waals surface area contributed by atoms with Crippen LogP contribution in [0.4, 0.5) is 0 Å². The highest BCUT2D eigenvalue weighted by molar-refractivity contribution is 5.14. The van der Waals surface area contributed by atoms with Crippen molar-refractivity contribution in [3.63, 3.8) is 0 Å². The van der Waals surface area contributed by atoms with Gasteiger partial charge < -0.3 is 0 Å². The molecule has 1 aromatic rings. The largest absolute Gasteiger partial charge is 0.297 e. The minimum Gasteiger partial charge on any atom is -0.297 e. The molecule has 0 aliphatic rings. The average molecular weight is 247 g/mol. The van der Waals surface area contributed by atoms with E-state index in [0.717, 1.165) is 6.54 Å². The van der Waals surface area contributed by atoms with Gasteiger partial charge in [0.15, 0.2) is 0 Å². The molecule has 0 fully saturated rings. The molecule has 0 heterocycles. The van der Waals surface area contributed by atoms with Gasteiger partial charge in [0.2, 0.25) is 0 Å². The van der Waals surface area contributed by atoms with E-state index >= 15 is 0 Å². The van der Waals surface area contributed by atoms with Crippen LogP contribution in [0.15, 0.2) is 30.3 Å². The maximum Gasteiger partial charge on any atom is 0.0236 e. The Bertz CT molecular complexity index is 321. The Morgan fingerprint density at radius 3 is 2.17 bits per heavy atom. The second-order valence-electron chi connectivity index (χ2n) is 6.71. The quantitative estimate of drug-likeness (QED) is 0.703. The molecule has 1 nitrogen and oxygen atoms in total. The lowest BCUT2D eigenvalue weighted by molar-refractivity contribution is 0.197. The van der Waals surface area contributed by atoms with Gasteiger partial charge in [0.25, 0.3) is 0 Å². The predicted octanol–water partition coefficient (Wildman–Crippen LogP) is 4.72. The molecule has 0 bridgehead atoms. The Labute approximate surface area is 113 Å². The Hall–Kier alpha value is -0.820. The van der Waals surface area contributed by atoms with Crippen LogP contribution in [0, 0.1) is 5.41 Å². The zero-order chi connectivity index (χ0) is 13.6. The molecule has 0 radical (unpaired) electrons. The summed E-state index contributed by atoms with van der Waals surface area (Å²) in [7, 11) is 0. The zero-order valence-electron chi connectivity index (χ0n) is 12.7. The van der Waals surface area contributed by atoms with Crippen LogP contribution in [0.25, 0.3) is 0 Å². The smallest absolute Gasteiger partial charge is 0.0236 e. The third-order valence-electron chi connectivity index (χ3n) is 3.33. The molecule has 0 aromatic heterocycles. The van der Waals surface area contributed by atoms with Crippen LogP contribution in [0.2, 0.25) is 0 Å². The third kappa shape index (κ3) is 6.20. The number of rotatable bonds is 6. The molecule has 0 saturated heterocycles. The molecule has 0 atom stereocenters. The van der Waals surface area contributed by atoms with Gasteiger partial charge in [-0.25, -0.2) is 0 Å². The summed E-state index contributed by atoms with van der Waals surface area (Å²) in [5.74, 6) is 0. The number of hydrogen-bond acceptors (Lipinski definition) is 1. The molecule has 0 aliphatic carbocycles. The number of nitrogens with zero attached hydrogens (tertiary/aromatic N) is 1. The molecule has 1 heteroatoms. The van der Waals surface area contributed by atoms with Crippen molar-refractivity contribution in [2.45, 2.75) is 60.0 Å². The van der Waals surface area contributed by atoms with E-state index in [1.807, 2.05) is 0 Å². The third-order valence-corrected chi connectivity index (χ3v) is 3.33. The average Bonchev–Trinajstić information content (AvgIpc) is 2.27. The first-order valence-corrected chi connectivity index (χ1v) is 7.16. The molecule has 18 heavy (non-hydrogen) atoms. The van der Waals surface area contributed by atoms with E-state index < -0.39 is 0 Å². The van der Waals surface area contributed by atoms with Crippen LogP contribution in [0.1, 0.15) is 53.0 Å². The molecule has 0 amide bonds. The van der Waals surface area contributed by atoms with Crippen molar-refractivity contribution in [2.75, 3.05) is 6.54 Å². The van der Waals surface area contributed by atoms with Gasteiger partial charge in [-0.2, -0.15) is 0 Å². The van der Waals surface area contributed by atoms with Gasteiger partial charge in [0, 0.05) is 12.6 Å². The molecule has 1 rings (SSSR count). The summed E-state index contributed by atoms with van der Waals surface area (Å²) in [5.41, 5.74) is 1.87. The Morgan fingerprint density at radius 2 is 1.67 bits per heavy atom. The molecular formula is C17H29N. The van der Waals surface area contributed by atoms with E-state index in [-0.39, 0.29) is 0 Å². The van der Waals surface area contributed by atoms with Crippen LogP contribution in [-0.4, -0.2) is 17.5 Å². The van der Waals surface area contributed by atoms with Crippen molar-refractivity contribution in [1.82, 2.24) is 4.90 Å². The van der Waals surface area contributed by atoms with Gasteiger partial charge in [-0.3, -0.25) is 4.90 Å². The highest BCUT2D eigenvalue weighted by Crippen LogP contribution is 2.21. The van der Waals surface area contributed by atoms with Crippen molar-refractivity contribution < 1.29 is 0 Å². The molecule has 0 unspecified atom stereocenters. The van der Waals surface area contributed by atoms with E-state index in [0.29, 0.717) is 11.5 Å². The van der Waals surface area contributed by atoms with E-state index in [2.05, 4.69) is 69.9 Å². The van der Waals surface area contributed by atoms with Gasteiger partial charge >= 0.3 is 0 Å². The van der Waals surface area contributed by atoms with E-state index in [9.17, 15) is 0 Å². The fourth-order valence-electron chi connectivity index (χ4n) is 2.15. The van der Waals surface area contributed by atoms with Crippen LogP contribution in [-0.2, 0) is 6.54 Å². The van der Waals surface area contributed by atoms with Crippen molar-refractivity contribution in [3.05, 3.63) is 35.9 Å². The molecular weight excluding hydrogens is 218 g/mol. The van der Waals surface area contributed by atoms with E-state index in [1.54, 1.807) is 0 Å². The second-order valence-corrected chi connectivity index (χ2v) is 6.71. The first kappa shape index (κ1) is 15.2. The summed E-state index contributed by atoms with van der Waals surface area (Å²) in [6, 6.07) is 11.4. The monoisotopic (exact) mass is 247 g/mol. The van der Waals surface area contributed by atoms with Gasteiger partial charge in [-0.05, 0) is 44.2 Å². The molecule has 0 spiro atoms. The van der Waals surface area contributed by atoms with Crippen LogP contribution in [0.5, 0.6) is 0 Å². The zero-order valence-corrected chi connectivity index (χ0v) is 12.7. The molecule has 0 saturated carbocycles. The van der Waals surface area contributed by atoms with Crippen molar-refractivity contribution >= 4 is 0 Å². The first-order chi connectivity index (χ1) is 8.38. The summed E-state index contributed by atoms with van der Waals surface area (Å²) in [6.45, 7) is 13.8. The van der Waals surface area contributed by atoms with Crippen molar-refractivity contribution in [3.8, 4) is 0 Å². The summed E-state index contributed by atoms with van der Waals surface area (Å²) >= 11 is 0. The van der Waals surface area contributed by atoms with Crippen LogP contribution >= 0.6 is 0 Å². The Balaban J connectivity index is 2.46. The van der Waals surface area contributed by atoms with Gasteiger partial charge in [-0.1, -0.05) is 51.1 Å². The summed E-state index contributed by atoms with van der Waals surface area (Å²) < 4.78 is 0. The molecule has 1 aromatic carbocycles. The van der Waals surface area contributed by atoms with Crippen LogP contribution < -0.4 is 0 Å². The highest BCUT2D eigenvalue weighted by atomic mass is 15.1. The minimum atomic E-state index is 0.454. The Kier molecular flexibility index (Phi) is 5.87. The normalized spacial score (nSPS) is 12.4. The fraction of sp³-hybridized carbons (Fsp3) is 0.647.